The SMILES string of the molecule is CC(C)(C)CN(CC(F)(F)F)C(=O)Cn1cnc2scc(-c3cccs3)c2c1=O. The summed E-state index contributed by atoms with van der Waals surface area (Å²) in [4.78, 5) is 32.0. The quantitative estimate of drug-likeness (QED) is 0.578. The summed E-state index contributed by atoms with van der Waals surface area (Å²) >= 11 is 2.79. The van der Waals surface area contributed by atoms with E-state index in [1.54, 1.807) is 20.8 Å². The summed E-state index contributed by atoms with van der Waals surface area (Å²) in [7, 11) is 0. The molecule has 0 saturated heterocycles. The summed E-state index contributed by atoms with van der Waals surface area (Å²) in [5.41, 5.74) is -0.231. The Hall–Kier alpha value is -2.20. The van der Waals surface area contributed by atoms with Crippen LogP contribution in [0.25, 0.3) is 20.7 Å². The first-order valence-electron chi connectivity index (χ1n) is 8.80. The predicted molar refractivity (Wildman–Crippen MR) is 109 cm³/mol. The van der Waals surface area contributed by atoms with Crippen LogP contribution in [0.15, 0.2) is 34.0 Å². The molecular formula is C19H20F3N3O2S2. The van der Waals surface area contributed by atoms with Crippen molar-refractivity contribution in [2.75, 3.05) is 13.1 Å². The lowest BCUT2D eigenvalue weighted by Gasteiger charge is -2.30. The molecule has 3 aromatic heterocycles. The van der Waals surface area contributed by atoms with Crippen molar-refractivity contribution in [3.63, 3.8) is 0 Å². The Kier molecular flexibility index (Phi) is 5.86. The second-order valence-electron chi connectivity index (χ2n) is 7.91. The number of hydrogen-bond acceptors (Lipinski definition) is 5. The molecule has 0 unspecified atom stereocenters. The van der Waals surface area contributed by atoms with Crippen molar-refractivity contribution >= 4 is 38.8 Å². The molecule has 0 aliphatic rings. The molecule has 0 atom stereocenters. The largest absolute Gasteiger partial charge is 0.406 e. The normalized spacial score (nSPS) is 12.5. The van der Waals surface area contributed by atoms with Gasteiger partial charge in [-0.25, -0.2) is 4.98 Å². The van der Waals surface area contributed by atoms with Crippen molar-refractivity contribution in [3.8, 4) is 10.4 Å². The zero-order valence-electron chi connectivity index (χ0n) is 16.1. The summed E-state index contributed by atoms with van der Waals surface area (Å²) < 4.78 is 40.0. The van der Waals surface area contributed by atoms with Crippen LogP contribution < -0.4 is 5.56 Å². The average molecular weight is 444 g/mol. The fourth-order valence-electron chi connectivity index (χ4n) is 2.96. The molecule has 0 spiro atoms. The highest BCUT2D eigenvalue weighted by atomic mass is 32.1. The van der Waals surface area contributed by atoms with Gasteiger partial charge in [0.15, 0.2) is 0 Å². The highest BCUT2D eigenvalue weighted by molar-refractivity contribution is 7.18. The van der Waals surface area contributed by atoms with Crippen molar-refractivity contribution < 1.29 is 18.0 Å². The van der Waals surface area contributed by atoms with Crippen molar-refractivity contribution in [1.82, 2.24) is 14.5 Å². The lowest BCUT2D eigenvalue weighted by Crippen LogP contribution is -2.45. The van der Waals surface area contributed by atoms with Crippen LogP contribution >= 0.6 is 22.7 Å². The number of thiophene rings is 2. The van der Waals surface area contributed by atoms with Crippen LogP contribution in [-0.2, 0) is 11.3 Å². The molecule has 3 aromatic rings. The van der Waals surface area contributed by atoms with Gasteiger partial charge in [-0.1, -0.05) is 26.8 Å². The van der Waals surface area contributed by atoms with E-state index in [2.05, 4.69) is 4.98 Å². The smallest absolute Gasteiger partial charge is 0.332 e. The van der Waals surface area contributed by atoms with E-state index in [0.29, 0.717) is 10.2 Å². The minimum absolute atomic E-state index is 0.0747. The molecule has 29 heavy (non-hydrogen) atoms. The summed E-state index contributed by atoms with van der Waals surface area (Å²) in [6, 6.07) is 3.74. The van der Waals surface area contributed by atoms with E-state index in [9.17, 15) is 22.8 Å². The summed E-state index contributed by atoms with van der Waals surface area (Å²) in [5.74, 6) is -0.770. The molecule has 0 aliphatic carbocycles. The molecule has 3 heterocycles. The minimum Gasteiger partial charge on any atom is -0.332 e. The van der Waals surface area contributed by atoms with Gasteiger partial charge >= 0.3 is 6.18 Å². The standard InChI is InChI=1S/C19H20F3N3O2S2/c1-18(2,3)9-25(10-19(20,21)22)14(26)7-24-11-23-16-15(17(24)27)12(8-29-16)13-5-4-6-28-13/h4-6,8,11H,7,9-10H2,1-3H3. The number of carbonyl (C=O) groups is 1. The summed E-state index contributed by atoms with van der Waals surface area (Å²) in [5, 5.41) is 4.09. The topological polar surface area (TPSA) is 55.2 Å². The summed E-state index contributed by atoms with van der Waals surface area (Å²) in [6.07, 6.45) is -3.30. The molecule has 0 radical (unpaired) electrons. The Morgan fingerprint density at radius 1 is 1.21 bits per heavy atom. The Labute approximate surface area is 173 Å². The molecule has 5 nitrogen and oxygen atoms in total. The van der Waals surface area contributed by atoms with Crippen LogP contribution in [-0.4, -0.2) is 39.6 Å². The van der Waals surface area contributed by atoms with E-state index in [1.165, 1.54) is 29.0 Å². The third-order valence-electron chi connectivity index (χ3n) is 4.04. The Bertz CT molecular complexity index is 1050. The Morgan fingerprint density at radius 2 is 1.93 bits per heavy atom. The second-order valence-corrected chi connectivity index (χ2v) is 9.72. The molecule has 156 valence electrons. The van der Waals surface area contributed by atoms with Gasteiger partial charge in [0.2, 0.25) is 5.91 Å². The molecule has 10 heteroatoms. The van der Waals surface area contributed by atoms with Gasteiger partial charge in [-0.05, 0) is 16.9 Å². The zero-order chi connectivity index (χ0) is 21.4. The van der Waals surface area contributed by atoms with Gasteiger partial charge in [-0.15, -0.1) is 22.7 Å². The monoisotopic (exact) mass is 443 g/mol. The van der Waals surface area contributed by atoms with Gasteiger partial charge in [0.1, 0.15) is 17.9 Å². The van der Waals surface area contributed by atoms with E-state index < -0.39 is 36.1 Å². The zero-order valence-corrected chi connectivity index (χ0v) is 17.7. The van der Waals surface area contributed by atoms with Crippen LogP contribution in [0.3, 0.4) is 0 Å². The van der Waals surface area contributed by atoms with Gasteiger partial charge in [0.25, 0.3) is 5.56 Å². The highest BCUT2D eigenvalue weighted by Crippen LogP contribution is 2.33. The summed E-state index contributed by atoms with van der Waals surface area (Å²) in [6.45, 7) is 3.33. The number of amides is 1. The highest BCUT2D eigenvalue weighted by Gasteiger charge is 2.34. The molecule has 3 rings (SSSR count). The Morgan fingerprint density at radius 3 is 2.52 bits per heavy atom. The van der Waals surface area contributed by atoms with Crippen LogP contribution in [0.5, 0.6) is 0 Å². The number of nitrogens with zero attached hydrogens (tertiary/aromatic N) is 3. The van der Waals surface area contributed by atoms with Gasteiger partial charge in [0, 0.05) is 22.4 Å². The van der Waals surface area contributed by atoms with Gasteiger partial charge in [-0.3, -0.25) is 14.2 Å². The molecule has 0 bridgehead atoms. The number of carbonyl (C=O) groups excluding carboxylic acids is 1. The van der Waals surface area contributed by atoms with Gasteiger partial charge in [-0.2, -0.15) is 13.2 Å². The molecule has 0 saturated carbocycles. The van der Waals surface area contributed by atoms with Crippen LogP contribution in [0.4, 0.5) is 13.2 Å². The Balaban J connectivity index is 1.93. The number of hydrogen-bond donors (Lipinski definition) is 0. The number of fused-ring (bicyclic) bond motifs is 1. The maximum atomic E-state index is 13.0. The first-order valence-corrected chi connectivity index (χ1v) is 10.6. The van der Waals surface area contributed by atoms with Crippen molar-refractivity contribution in [2.24, 2.45) is 5.41 Å². The van der Waals surface area contributed by atoms with Gasteiger partial charge in [0.05, 0.1) is 11.7 Å². The number of alkyl halides is 3. The maximum absolute atomic E-state index is 13.0. The van der Waals surface area contributed by atoms with Crippen molar-refractivity contribution in [2.45, 2.75) is 33.5 Å². The number of aromatic nitrogens is 2. The van der Waals surface area contributed by atoms with E-state index in [4.69, 9.17) is 0 Å². The average Bonchev–Trinajstić information content (AvgIpc) is 3.23. The third-order valence-corrected chi connectivity index (χ3v) is 5.83. The minimum atomic E-state index is -4.52. The first kappa shape index (κ1) is 21.5. The van der Waals surface area contributed by atoms with Crippen LogP contribution in [0.2, 0.25) is 0 Å². The third kappa shape index (κ3) is 5.24. The molecule has 0 N–H and O–H groups in total. The van der Waals surface area contributed by atoms with E-state index in [1.807, 2.05) is 22.9 Å². The lowest BCUT2D eigenvalue weighted by atomic mass is 9.96. The van der Waals surface area contributed by atoms with Crippen molar-refractivity contribution in [1.29, 1.82) is 0 Å². The maximum Gasteiger partial charge on any atom is 0.406 e. The van der Waals surface area contributed by atoms with E-state index in [0.717, 1.165) is 19.9 Å². The van der Waals surface area contributed by atoms with Gasteiger partial charge < -0.3 is 4.90 Å². The fraction of sp³-hybridized carbons (Fsp3) is 0.421. The first-order chi connectivity index (χ1) is 13.4. The second kappa shape index (κ2) is 7.91. The van der Waals surface area contributed by atoms with Crippen molar-refractivity contribution in [3.05, 3.63) is 39.6 Å². The molecule has 0 aromatic carbocycles. The number of rotatable bonds is 5. The molecular weight excluding hydrogens is 423 g/mol. The molecule has 0 fully saturated rings. The fourth-order valence-corrected chi connectivity index (χ4v) is 4.68. The van der Waals surface area contributed by atoms with E-state index in [-0.39, 0.29) is 6.54 Å². The van der Waals surface area contributed by atoms with Crippen LogP contribution in [0, 0.1) is 5.41 Å². The van der Waals surface area contributed by atoms with Crippen LogP contribution in [0.1, 0.15) is 20.8 Å². The molecule has 1 amide bonds. The van der Waals surface area contributed by atoms with E-state index >= 15 is 0 Å². The molecule has 0 aliphatic heterocycles. The predicted octanol–water partition coefficient (Wildman–Crippen LogP) is 4.62. The number of halogens is 3. The lowest BCUT2D eigenvalue weighted by molar-refractivity contribution is -0.163.